The largest absolute Gasteiger partial charge is 0.287 e. The van der Waals surface area contributed by atoms with Crippen LogP contribution in [0.5, 0.6) is 0 Å². The summed E-state index contributed by atoms with van der Waals surface area (Å²) in [5, 5.41) is 33.9. The Morgan fingerprint density at radius 1 is 1.18 bits per heavy atom. The summed E-state index contributed by atoms with van der Waals surface area (Å²) in [4.78, 5) is 19.8. The second kappa shape index (κ2) is 3.92. The molecular weight excluding hydrogens is 232 g/mol. The number of nitro benzene ring substituents is 2. The van der Waals surface area contributed by atoms with Crippen LogP contribution in [-0.4, -0.2) is 30.5 Å². The summed E-state index contributed by atoms with van der Waals surface area (Å²) in [6.45, 7) is 0. The molecule has 0 atom stereocenters. The first kappa shape index (κ1) is 10.6. The molecule has 0 aliphatic rings. The number of nitrogens with one attached hydrogen (secondary N) is 1. The maximum atomic E-state index is 10.8. The van der Waals surface area contributed by atoms with Gasteiger partial charge >= 0.3 is 0 Å². The van der Waals surface area contributed by atoms with Crippen molar-refractivity contribution in [2.75, 3.05) is 0 Å². The fourth-order valence-electron chi connectivity index (χ4n) is 1.25. The van der Waals surface area contributed by atoms with Crippen molar-refractivity contribution < 1.29 is 9.85 Å². The van der Waals surface area contributed by atoms with Crippen molar-refractivity contribution in [3.63, 3.8) is 0 Å². The lowest BCUT2D eigenvalue weighted by molar-refractivity contribution is -0.393. The lowest BCUT2D eigenvalue weighted by Gasteiger charge is -1.97. The Kier molecular flexibility index (Phi) is 2.45. The Balaban J connectivity index is 2.61. The van der Waals surface area contributed by atoms with Crippen molar-refractivity contribution in [1.29, 1.82) is 0 Å². The molecule has 0 bridgehead atoms. The second-order valence-electron chi connectivity index (χ2n) is 2.95. The molecule has 0 fully saturated rings. The molecule has 86 valence electrons. The quantitative estimate of drug-likeness (QED) is 0.609. The number of nitro groups is 2. The smallest absolute Gasteiger partial charge is 0.258 e. The van der Waals surface area contributed by atoms with Gasteiger partial charge in [-0.05, 0) is 11.3 Å². The first-order valence-corrected chi connectivity index (χ1v) is 4.26. The molecule has 1 aromatic heterocycles. The second-order valence-corrected chi connectivity index (χ2v) is 2.95. The predicted molar refractivity (Wildman–Crippen MR) is 52.9 cm³/mol. The number of rotatable bonds is 3. The van der Waals surface area contributed by atoms with Crippen LogP contribution >= 0.6 is 0 Å². The fraction of sp³-hybridized carbons (Fsp3) is 0. The van der Waals surface area contributed by atoms with Gasteiger partial charge in [-0.25, -0.2) is 0 Å². The van der Waals surface area contributed by atoms with E-state index in [2.05, 4.69) is 20.6 Å². The summed E-state index contributed by atoms with van der Waals surface area (Å²) in [5.74, 6) is 0.00611. The van der Waals surface area contributed by atoms with Gasteiger partial charge in [0.1, 0.15) is 5.56 Å². The molecule has 0 amide bonds. The van der Waals surface area contributed by atoms with Gasteiger partial charge in [0, 0.05) is 6.07 Å². The third-order valence-corrected chi connectivity index (χ3v) is 1.98. The van der Waals surface area contributed by atoms with Crippen LogP contribution in [0.25, 0.3) is 11.4 Å². The van der Waals surface area contributed by atoms with Crippen LogP contribution in [0.3, 0.4) is 0 Å². The van der Waals surface area contributed by atoms with E-state index in [0.29, 0.717) is 0 Å². The molecule has 0 radical (unpaired) electrons. The summed E-state index contributed by atoms with van der Waals surface area (Å²) in [6.07, 6.45) is 0. The van der Waals surface area contributed by atoms with Crippen LogP contribution in [0.4, 0.5) is 11.4 Å². The maximum Gasteiger partial charge on any atom is 0.287 e. The van der Waals surface area contributed by atoms with Gasteiger partial charge in [-0.3, -0.25) is 20.2 Å². The first-order chi connectivity index (χ1) is 8.09. The van der Waals surface area contributed by atoms with Gasteiger partial charge in [0.15, 0.2) is 0 Å². The fourth-order valence-corrected chi connectivity index (χ4v) is 1.25. The molecule has 0 unspecified atom stereocenters. The van der Waals surface area contributed by atoms with Crippen LogP contribution < -0.4 is 0 Å². The van der Waals surface area contributed by atoms with E-state index in [4.69, 9.17) is 0 Å². The molecule has 10 nitrogen and oxygen atoms in total. The van der Waals surface area contributed by atoms with E-state index in [0.717, 1.165) is 12.1 Å². The highest BCUT2D eigenvalue weighted by Gasteiger charge is 2.22. The lowest BCUT2D eigenvalue weighted by Crippen LogP contribution is -1.96. The van der Waals surface area contributed by atoms with E-state index in [-0.39, 0.29) is 17.1 Å². The highest BCUT2D eigenvalue weighted by atomic mass is 16.6. The first-order valence-electron chi connectivity index (χ1n) is 4.26. The standard InChI is InChI=1S/C7H4N6O4/c14-12(15)4-1-2-5(6(3-4)13(16)17)7-8-10-11-9-7/h1-3H,(H,8,9,10,11). The molecule has 1 N–H and O–H groups in total. The zero-order valence-electron chi connectivity index (χ0n) is 8.10. The molecule has 2 rings (SSSR count). The van der Waals surface area contributed by atoms with Crippen molar-refractivity contribution in [2.45, 2.75) is 0 Å². The van der Waals surface area contributed by atoms with Crippen LogP contribution in [0.1, 0.15) is 0 Å². The SMILES string of the molecule is O=[N+]([O-])c1ccc(-c2nn[nH]n2)c([N+](=O)[O-])c1. The van der Waals surface area contributed by atoms with E-state index >= 15 is 0 Å². The highest BCUT2D eigenvalue weighted by molar-refractivity contribution is 5.69. The summed E-state index contributed by atoms with van der Waals surface area (Å²) in [6, 6.07) is 3.20. The minimum absolute atomic E-state index is 0.00611. The molecule has 1 heterocycles. The number of benzene rings is 1. The number of tetrazole rings is 1. The van der Waals surface area contributed by atoms with E-state index in [1.165, 1.54) is 6.07 Å². The Morgan fingerprint density at radius 2 is 1.94 bits per heavy atom. The summed E-state index contributed by atoms with van der Waals surface area (Å²) in [5.41, 5.74) is -0.751. The van der Waals surface area contributed by atoms with Crippen molar-refractivity contribution in [3.05, 3.63) is 38.4 Å². The molecule has 2 aromatic rings. The van der Waals surface area contributed by atoms with Gasteiger partial charge in [-0.15, -0.1) is 10.2 Å². The Bertz CT molecular complexity index is 580. The predicted octanol–water partition coefficient (Wildman–Crippen LogP) is 0.683. The average Bonchev–Trinajstić information content (AvgIpc) is 2.81. The summed E-state index contributed by atoms with van der Waals surface area (Å²) >= 11 is 0. The van der Waals surface area contributed by atoms with Gasteiger partial charge in [0.25, 0.3) is 11.4 Å². The Labute approximate surface area is 92.6 Å². The Hall–Kier alpha value is -2.91. The van der Waals surface area contributed by atoms with Gasteiger partial charge in [-0.2, -0.15) is 5.21 Å². The monoisotopic (exact) mass is 236 g/mol. The van der Waals surface area contributed by atoms with E-state index in [9.17, 15) is 20.2 Å². The lowest BCUT2D eigenvalue weighted by atomic mass is 10.1. The average molecular weight is 236 g/mol. The normalized spacial score (nSPS) is 10.1. The highest BCUT2D eigenvalue weighted by Crippen LogP contribution is 2.30. The number of aromatic nitrogens is 4. The number of non-ortho nitro benzene ring substituents is 1. The summed E-state index contributed by atoms with van der Waals surface area (Å²) < 4.78 is 0. The molecule has 0 aliphatic heterocycles. The maximum absolute atomic E-state index is 10.8. The van der Waals surface area contributed by atoms with Gasteiger partial charge in [0.05, 0.1) is 15.9 Å². The van der Waals surface area contributed by atoms with Crippen molar-refractivity contribution in [2.24, 2.45) is 0 Å². The molecule has 0 spiro atoms. The molecule has 17 heavy (non-hydrogen) atoms. The van der Waals surface area contributed by atoms with Crippen LogP contribution in [0, 0.1) is 20.2 Å². The molecular formula is C7H4N6O4. The van der Waals surface area contributed by atoms with Crippen LogP contribution in [0.2, 0.25) is 0 Å². The van der Waals surface area contributed by atoms with Gasteiger partial charge < -0.3 is 0 Å². The van der Waals surface area contributed by atoms with E-state index < -0.39 is 15.5 Å². The van der Waals surface area contributed by atoms with Gasteiger partial charge in [-0.1, -0.05) is 0 Å². The van der Waals surface area contributed by atoms with E-state index in [1.807, 2.05) is 0 Å². The minimum Gasteiger partial charge on any atom is -0.258 e. The molecule has 1 aromatic carbocycles. The zero-order chi connectivity index (χ0) is 12.4. The third kappa shape index (κ3) is 1.90. The number of aromatic amines is 1. The summed E-state index contributed by atoms with van der Waals surface area (Å²) in [7, 11) is 0. The third-order valence-electron chi connectivity index (χ3n) is 1.98. The number of nitrogens with zero attached hydrogens (tertiary/aromatic N) is 5. The van der Waals surface area contributed by atoms with Crippen molar-refractivity contribution >= 4 is 11.4 Å². The molecule has 10 heteroatoms. The van der Waals surface area contributed by atoms with Crippen molar-refractivity contribution in [3.8, 4) is 11.4 Å². The van der Waals surface area contributed by atoms with Crippen molar-refractivity contribution in [1.82, 2.24) is 20.6 Å². The van der Waals surface area contributed by atoms with Crippen LogP contribution in [0.15, 0.2) is 18.2 Å². The Morgan fingerprint density at radius 3 is 2.47 bits per heavy atom. The van der Waals surface area contributed by atoms with Gasteiger partial charge in [0.2, 0.25) is 5.82 Å². The van der Waals surface area contributed by atoms with Crippen LogP contribution in [-0.2, 0) is 0 Å². The van der Waals surface area contributed by atoms with E-state index in [1.54, 1.807) is 0 Å². The number of H-pyrrole nitrogens is 1. The molecule has 0 aliphatic carbocycles. The molecule has 0 saturated heterocycles. The topological polar surface area (TPSA) is 141 Å². The minimum atomic E-state index is -0.737. The molecule has 0 saturated carbocycles. The zero-order valence-corrected chi connectivity index (χ0v) is 8.10. The number of hydrogen-bond donors (Lipinski definition) is 1. The number of hydrogen-bond acceptors (Lipinski definition) is 7.